The Hall–Kier alpha value is -1.66. The standard InChI is InChI=1S/C14H12ClFN2O2S/c1-14(2)7-20-13(19)18(14)12-17-11(6-21-12)8-3-4-10(16)9(15)5-8/h3-6H,7H2,1-2H3. The number of aromatic nitrogens is 1. The molecular weight excluding hydrogens is 315 g/mol. The molecule has 1 aromatic carbocycles. The molecule has 2 aromatic rings. The van der Waals surface area contributed by atoms with Crippen molar-refractivity contribution in [3.63, 3.8) is 0 Å². The van der Waals surface area contributed by atoms with Crippen molar-refractivity contribution in [1.29, 1.82) is 0 Å². The molecule has 110 valence electrons. The van der Waals surface area contributed by atoms with Gasteiger partial charge in [-0.1, -0.05) is 11.6 Å². The lowest BCUT2D eigenvalue weighted by Crippen LogP contribution is -2.42. The van der Waals surface area contributed by atoms with Gasteiger partial charge in [0, 0.05) is 10.9 Å². The van der Waals surface area contributed by atoms with Crippen LogP contribution in [-0.2, 0) is 4.74 Å². The molecule has 1 saturated heterocycles. The van der Waals surface area contributed by atoms with E-state index in [0.717, 1.165) is 0 Å². The number of hydrogen-bond donors (Lipinski definition) is 0. The molecule has 2 heterocycles. The summed E-state index contributed by atoms with van der Waals surface area (Å²) in [6.45, 7) is 4.14. The quantitative estimate of drug-likeness (QED) is 0.824. The monoisotopic (exact) mass is 326 g/mol. The fraction of sp³-hybridized carbons (Fsp3) is 0.286. The summed E-state index contributed by atoms with van der Waals surface area (Å²) in [6, 6.07) is 4.42. The van der Waals surface area contributed by atoms with E-state index in [-0.39, 0.29) is 5.02 Å². The summed E-state index contributed by atoms with van der Waals surface area (Å²) in [4.78, 5) is 17.8. The first-order chi connectivity index (χ1) is 9.88. The number of ether oxygens (including phenoxy) is 1. The minimum atomic E-state index is -0.472. The highest BCUT2D eigenvalue weighted by molar-refractivity contribution is 7.14. The van der Waals surface area contributed by atoms with Gasteiger partial charge < -0.3 is 4.74 Å². The van der Waals surface area contributed by atoms with Crippen LogP contribution in [0, 0.1) is 5.82 Å². The molecule has 3 rings (SSSR count). The van der Waals surface area contributed by atoms with Crippen LogP contribution in [0.15, 0.2) is 23.6 Å². The second-order valence-corrected chi connectivity index (χ2v) is 6.59. The molecule has 0 N–H and O–H groups in total. The average Bonchev–Trinajstić information content (AvgIpc) is 2.98. The van der Waals surface area contributed by atoms with Crippen LogP contribution in [0.4, 0.5) is 14.3 Å². The molecule has 0 spiro atoms. The van der Waals surface area contributed by atoms with Gasteiger partial charge in [-0.15, -0.1) is 11.3 Å². The Morgan fingerprint density at radius 3 is 2.86 bits per heavy atom. The van der Waals surface area contributed by atoms with Gasteiger partial charge in [-0.05, 0) is 32.0 Å². The molecule has 0 atom stereocenters. The molecule has 1 fully saturated rings. The van der Waals surface area contributed by atoms with Gasteiger partial charge in [-0.3, -0.25) is 0 Å². The van der Waals surface area contributed by atoms with Gasteiger partial charge in [0.15, 0.2) is 5.13 Å². The number of halogens is 2. The van der Waals surface area contributed by atoms with E-state index in [9.17, 15) is 9.18 Å². The van der Waals surface area contributed by atoms with Crippen LogP contribution in [0.3, 0.4) is 0 Å². The molecule has 7 heteroatoms. The minimum Gasteiger partial charge on any atom is -0.447 e. The van der Waals surface area contributed by atoms with E-state index in [4.69, 9.17) is 16.3 Å². The second-order valence-electron chi connectivity index (χ2n) is 5.35. The third-order valence-electron chi connectivity index (χ3n) is 3.24. The van der Waals surface area contributed by atoms with E-state index in [1.54, 1.807) is 11.4 Å². The van der Waals surface area contributed by atoms with E-state index in [0.29, 0.717) is 23.0 Å². The molecule has 1 aliphatic heterocycles. The molecule has 0 saturated carbocycles. The zero-order valence-corrected chi connectivity index (χ0v) is 13.0. The first-order valence-electron chi connectivity index (χ1n) is 6.26. The highest BCUT2D eigenvalue weighted by Crippen LogP contribution is 2.35. The maximum Gasteiger partial charge on any atom is 0.416 e. The third-order valence-corrected chi connectivity index (χ3v) is 4.35. The van der Waals surface area contributed by atoms with Gasteiger partial charge >= 0.3 is 6.09 Å². The number of anilines is 1. The van der Waals surface area contributed by atoms with Crippen LogP contribution in [0.1, 0.15) is 13.8 Å². The Kier molecular flexibility index (Phi) is 3.37. The lowest BCUT2D eigenvalue weighted by molar-refractivity contribution is 0.175. The van der Waals surface area contributed by atoms with E-state index < -0.39 is 17.4 Å². The van der Waals surface area contributed by atoms with Crippen molar-refractivity contribution in [1.82, 2.24) is 4.98 Å². The highest BCUT2D eigenvalue weighted by atomic mass is 35.5. The van der Waals surface area contributed by atoms with E-state index in [1.807, 2.05) is 13.8 Å². The van der Waals surface area contributed by atoms with E-state index in [2.05, 4.69) is 4.98 Å². The largest absolute Gasteiger partial charge is 0.447 e. The fourth-order valence-corrected chi connectivity index (χ4v) is 3.27. The number of carbonyl (C=O) groups excluding carboxylic acids is 1. The summed E-state index contributed by atoms with van der Waals surface area (Å²) in [5.41, 5.74) is 0.911. The third kappa shape index (κ3) is 2.49. The zero-order valence-electron chi connectivity index (χ0n) is 11.4. The SMILES string of the molecule is CC1(C)COC(=O)N1c1nc(-c2ccc(F)c(Cl)c2)cs1. The smallest absolute Gasteiger partial charge is 0.416 e. The van der Waals surface area contributed by atoms with E-state index >= 15 is 0 Å². The van der Waals surface area contributed by atoms with Crippen molar-refractivity contribution in [2.24, 2.45) is 0 Å². The first-order valence-corrected chi connectivity index (χ1v) is 7.52. The van der Waals surface area contributed by atoms with Crippen molar-refractivity contribution < 1.29 is 13.9 Å². The lowest BCUT2D eigenvalue weighted by Gasteiger charge is -2.24. The number of thiazole rings is 1. The lowest BCUT2D eigenvalue weighted by atomic mass is 10.1. The first kappa shape index (κ1) is 14.3. The van der Waals surface area contributed by atoms with Gasteiger partial charge in [0.2, 0.25) is 0 Å². The number of amides is 1. The van der Waals surface area contributed by atoms with Crippen molar-refractivity contribution in [2.45, 2.75) is 19.4 Å². The molecule has 1 aliphatic rings. The maximum atomic E-state index is 13.2. The van der Waals surface area contributed by atoms with Gasteiger partial charge in [0.25, 0.3) is 0 Å². The Labute approximate surface area is 130 Å². The molecule has 0 radical (unpaired) electrons. The van der Waals surface area contributed by atoms with Crippen molar-refractivity contribution in [2.75, 3.05) is 11.5 Å². The molecule has 0 aliphatic carbocycles. The maximum absolute atomic E-state index is 13.2. The molecule has 21 heavy (non-hydrogen) atoms. The number of cyclic esters (lactones) is 1. The number of rotatable bonds is 2. The predicted octanol–water partition coefficient (Wildman–Crippen LogP) is 4.34. The topological polar surface area (TPSA) is 42.4 Å². The summed E-state index contributed by atoms with van der Waals surface area (Å²) in [5.74, 6) is -0.472. The van der Waals surface area contributed by atoms with Gasteiger partial charge in [0.1, 0.15) is 12.4 Å². The number of benzene rings is 1. The van der Waals surface area contributed by atoms with Crippen LogP contribution in [-0.4, -0.2) is 23.2 Å². The summed E-state index contributed by atoms with van der Waals surface area (Å²) in [7, 11) is 0. The van der Waals surface area contributed by atoms with Crippen LogP contribution >= 0.6 is 22.9 Å². The fourth-order valence-electron chi connectivity index (χ4n) is 2.11. The molecular formula is C14H12ClFN2O2S. The Bertz CT molecular complexity index is 717. The van der Waals surface area contributed by atoms with Crippen LogP contribution in [0.5, 0.6) is 0 Å². The zero-order chi connectivity index (χ0) is 15.2. The number of carbonyl (C=O) groups is 1. The normalized spacial score (nSPS) is 17.1. The minimum absolute atomic E-state index is 0.0444. The molecule has 4 nitrogen and oxygen atoms in total. The Morgan fingerprint density at radius 1 is 1.48 bits per heavy atom. The molecule has 0 unspecified atom stereocenters. The summed E-state index contributed by atoms with van der Waals surface area (Å²) >= 11 is 7.12. The van der Waals surface area contributed by atoms with Crippen molar-refractivity contribution >= 4 is 34.2 Å². The van der Waals surface area contributed by atoms with Crippen LogP contribution in [0.25, 0.3) is 11.3 Å². The highest BCUT2D eigenvalue weighted by Gasteiger charge is 2.42. The second kappa shape index (κ2) is 4.96. The van der Waals surface area contributed by atoms with Crippen LogP contribution < -0.4 is 4.90 Å². The van der Waals surface area contributed by atoms with Crippen molar-refractivity contribution in [3.05, 3.63) is 34.4 Å². The molecule has 1 aromatic heterocycles. The van der Waals surface area contributed by atoms with Gasteiger partial charge in [-0.25, -0.2) is 19.1 Å². The Balaban J connectivity index is 1.96. The summed E-state index contributed by atoms with van der Waals surface area (Å²) < 4.78 is 18.3. The predicted molar refractivity (Wildman–Crippen MR) is 80.4 cm³/mol. The van der Waals surface area contributed by atoms with Crippen LogP contribution in [0.2, 0.25) is 5.02 Å². The number of hydrogen-bond acceptors (Lipinski definition) is 4. The average molecular weight is 327 g/mol. The van der Waals surface area contributed by atoms with Gasteiger partial charge in [0.05, 0.1) is 16.3 Å². The molecule has 1 amide bonds. The van der Waals surface area contributed by atoms with Crippen molar-refractivity contribution in [3.8, 4) is 11.3 Å². The van der Waals surface area contributed by atoms with Gasteiger partial charge in [-0.2, -0.15) is 0 Å². The molecule has 0 bridgehead atoms. The number of nitrogens with zero attached hydrogens (tertiary/aromatic N) is 2. The summed E-state index contributed by atoms with van der Waals surface area (Å²) in [5, 5.41) is 2.40. The Morgan fingerprint density at radius 2 is 2.24 bits per heavy atom. The van der Waals surface area contributed by atoms with E-state index in [1.165, 1.54) is 28.4 Å². The summed E-state index contributed by atoms with van der Waals surface area (Å²) in [6.07, 6.45) is -0.405.